The van der Waals surface area contributed by atoms with Gasteiger partial charge in [-0.1, -0.05) is 0 Å². The first-order valence-electron chi connectivity index (χ1n) is 7.41. The smallest absolute Gasteiger partial charge is 0.310 e. The molecule has 1 aliphatic heterocycles. The van der Waals surface area contributed by atoms with Crippen molar-refractivity contribution < 1.29 is 23.6 Å². The van der Waals surface area contributed by atoms with Gasteiger partial charge in [0.25, 0.3) is 5.69 Å². The number of nitro groups is 1. The van der Waals surface area contributed by atoms with Crippen LogP contribution in [0.15, 0.2) is 18.2 Å². The van der Waals surface area contributed by atoms with E-state index < -0.39 is 28.5 Å². The van der Waals surface area contributed by atoms with Crippen molar-refractivity contribution in [1.82, 2.24) is 0 Å². The fourth-order valence-electron chi connectivity index (χ4n) is 4.30. The van der Waals surface area contributed by atoms with Crippen LogP contribution in [0.4, 0.5) is 15.8 Å². The summed E-state index contributed by atoms with van der Waals surface area (Å²) < 4.78 is 19.1. The zero-order valence-electron chi connectivity index (χ0n) is 11.9. The maximum Gasteiger partial charge on any atom is 0.310 e. The van der Waals surface area contributed by atoms with Crippen LogP contribution in [0.25, 0.3) is 0 Å². The van der Waals surface area contributed by atoms with E-state index in [1.54, 1.807) is 0 Å². The molecule has 1 N–H and O–H groups in total. The monoisotopic (exact) mass is 320 g/mol. The fourth-order valence-corrected chi connectivity index (χ4v) is 4.30. The second-order valence-electron chi connectivity index (χ2n) is 6.33. The number of rotatable bonds is 3. The van der Waals surface area contributed by atoms with Crippen LogP contribution in [0.1, 0.15) is 12.8 Å². The van der Waals surface area contributed by atoms with E-state index in [4.69, 9.17) is 4.74 Å². The average molecular weight is 320 g/mol. The molecule has 1 saturated heterocycles. The molecule has 2 aliphatic carbocycles. The lowest BCUT2D eigenvalue weighted by Crippen LogP contribution is -2.36. The van der Waals surface area contributed by atoms with Gasteiger partial charge < -0.3 is 10.1 Å². The van der Waals surface area contributed by atoms with E-state index >= 15 is 0 Å². The highest BCUT2D eigenvalue weighted by molar-refractivity contribution is 5.97. The first-order chi connectivity index (χ1) is 11.0. The number of esters is 1. The molecule has 0 spiro atoms. The molecule has 0 aromatic heterocycles. The molecule has 1 amide bonds. The van der Waals surface area contributed by atoms with Gasteiger partial charge in [0.1, 0.15) is 11.9 Å². The Morgan fingerprint density at radius 2 is 2.17 bits per heavy atom. The third-order valence-corrected chi connectivity index (χ3v) is 5.20. The van der Waals surface area contributed by atoms with Crippen molar-refractivity contribution in [3.05, 3.63) is 34.1 Å². The molecule has 1 aromatic carbocycles. The summed E-state index contributed by atoms with van der Waals surface area (Å²) >= 11 is 0. The van der Waals surface area contributed by atoms with Crippen molar-refractivity contribution >= 4 is 23.3 Å². The van der Waals surface area contributed by atoms with Crippen molar-refractivity contribution in [2.75, 3.05) is 5.32 Å². The molecule has 23 heavy (non-hydrogen) atoms. The van der Waals surface area contributed by atoms with Crippen LogP contribution in [0.2, 0.25) is 0 Å². The van der Waals surface area contributed by atoms with Crippen LogP contribution < -0.4 is 5.32 Å². The Morgan fingerprint density at radius 3 is 2.91 bits per heavy atom. The number of fused-ring (bicyclic) bond motifs is 1. The highest BCUT2D eigenvalue weighted by Gasteiger charge is 2.63. The lowest BCUT2D eigenvalue weighted by Gasteiger charge is -2.23. The average Bonchev–Trinajstić information content (AvgIpc) is 3.10. The molecule has 3 aliphatic rings. The summed E-state index contributed by atoms with van der Waals surface area (Å²) in [6.45, 7) is 0. The van der Waals surface area contributed by atoms with E-state index in [2.05, 4.69) is 5.32 Å². The molecule has 1 heterocycles. The zero-order valence-corrected chi connectivity index (χ0v) is 11.9. The first-order valence-corrected chi connectivity index (χ1v) is 7.41. The van der Waals surface area contributed by atoms with Crippen LogP contribution >= 0.6 is 0 Å². The minimum atomic E-state index is -0.751. The SMILES string of the molecule is O=C(Nc1cc([N+](=O)[O-])ccc1F)[C@H]1[C@@H]2C[C@@H]3[C@@H]1C(=O)O[C@@H]3C2. The number of halogens is 1. The summed E-state index contributed by atoms with van der Waals surface area (Å²) in [6, 6.07) is 2.95. The summed E-state index contributed by atoms with van der Waals surface area (Å²) in [5.41, 5.74) is -0.551. The van der Waals surface area contributed by atoms with E-state index in [1.807, 2.05) is 0 Å². The van der Waals surface area contributed by atoms with Gasteiger partial charge in [0.05, 0.1) is 22.4 Å². The quantitative estimate of drug-likeness (QED) is 0.521. The highest BCUT2D eigenvalue weighted by Crippen LogP contribution is 2.57. The Hall–Kier alpha value is -2.51. The summed E-state index contributed by atoms with van der Waals surface area (Å²) in [5, 5.41) is 13.2. The third kappa shape index (κ3) is 2.01. The molecular weight excluding hydrogens is 307 g/mol. The van der Waals surface area contributed by atoms with Gasteiger partial charge in [0.15, 0.2) is 0 Å². The number of carbonyl (C=O) groups is 2. The van der Waals surface area contributed by atoms with E-state index in [1.165, 1.54) is 0 Å². The summed E-state index contributed by atoms with van der Waals surface area (Å²) in [7, 11) is 0. The second kappa shape index (κ2) is 4.74. The fraction of sp³-hybridized carbons (Fsp3) is 0.467. The normalized spacial score (nSPS) is 33.6. The number of benzene rings is 1. The van der Waals surface area contributed by atoms with Crippen molar-refractivity contribution in [1.29, 1.82) is 0 Å². The topological polar surface area (TPSA) is 98.5 Å². The number of non-ortho nitro benzene ring substituents is 1. The lowest BCUT2D eigenvalue weighted by molar-refractivity contribution is -0.384. The van der Waals surface area contributed by atoms with E-state index in [-0.39, 0.29) is 35.3 Å². The maximum absolute atomic E-state index is 13.8. The molecule has 3 fully saturated rings. The molecule has 120 valence electrons. The Morgan fingerprint density at radius 1 is 1.39 bits per heavy atom. The first kappa shape index (κ1) is 14.1. The Balaban J connectivity index is 1.58. The molecule has 2 bridgehead atoms. The Labute approximate surface area is 130 Å². The predicted octanol–water partition coefficient (Wildman–Crippen LogP) is 1.87. The van der Waals surface area contributed by atoms with Crippen molar-refractivity contribution in [3.63, 3.8) is 0 Å². The number of carbonyl (C=O) groups excluding carboxylic acids is 2. The van der Waals surface area contributed by atoms with E-state index in [9.17, 15) is 24.1 Å². The number of nitrogens with one attached hydrogen (secondary N) is 1. The number of anilines is 1. The molecule has 4 rings (SSSR count). The minimum Gasteiger partial charge on any atom is -0.462 e. The molecule has 8 heteroatoms. The number of nitrogens with zero attached hydrogens (tertiary/aromatic N) is 1. The molecule has 5 atom stereocenters. The number of hydrogen-bond donors (Lipinski definition) is 1. The van der Waals surface area contributed by atoms with Gasteiger partial charge in [0.2, 0.25) is 5.91 Å². The summed E-state index contributed by atoms with van der Waals surface area (Å²) in [5.74, 6) is -2.50. The maximum atomic E-state index is 13.8. The van der Waals surface area contributed by atoms with Crippen molar-refractivity contribution in [2.24, 2.45) is 23.7 Å². The zero-order chi connectivity index (χ0) is 16.3. The van der Waals surface area contributed by atoms with Crippen LogP contribution in [-0.2, 0) is 14.3 Å². The van der Waals surface area contributed by atoms with Crippen LogP contribution in [-0.4, -0.2) is 22.9 Å². The van der Waals surface area contributed by atoms with Gasteiger partial charge in [-0.2, -0.15) is 0 Å². The number of amides is 1. The minimum absolute atomic E-state index is 0.0446. The van der Waals surface area contributed by atoms with Crippen LogP contribution in [0, 0.1) is 39.6 Å². The van der Waals surface area contributed by atoms with Gasteiger partial charge in [-0.3, -0.25) is 19.7 Å². The highest BCUT2D eigenvalue weighted by atomic mass is 19.1. The Kier molecular flexibility index (Phi) is 2.91. The molecule has 2 saturated carbocycles. The summed E-state index contributed by atoms with van der Waals surface area (Å²) in [4.78, 5) is 34.5. The van der Waals surface area contributed by atoms with Crippen molar-refractivity contribution in [2.45, 2.75) is 18.9 Å². The van der Waals surface area contributed by atoms with E-state index in [0.29, 0.717) is 6.42 Å². The molecule has 0 unspecified atom stereocenters. The largest absolute Gasteiger partial charge is 0.462 e. The molecule has 7 nitrogen and oxygen atoms in total. The standard InChI is InChI=1S/C15H13FN2O5/c16-9-2-1-7(18(21)22)5-10(9)17-14(19)12-6-3-8-11(4-6)23-15(20)13(8)12/h1-2,5-6,8,11-13H,3-4H2,(H,17,19)/t6-,8+,11-,12+,13+/m1/s1. The number of ether oxygens (including phenoxy) is 1. The predicted molar refractivity (Wildman–Crippen MR) is 74.8 cm³/mol. The molecule has 1 aromatic rings. The second-order valence-corrected chi connectivity index (χ2v) is 6.33. The van der Waals surface area contributed by atoms with Crippen LogP contribution in [0.3, 0.4) is 0 Å². The van der Waals surface area contributed by atoms with Crippen molar-refractivity contribution in [3.8, 4) is 0 Å². The molecular formula is C15H13FN2O5. The van der Waals surface area contributed by atoms with E-state index in [0.717, 1.165) is 24.6 Å². The lowest BCUT2D eigenvalue weighted by atomic mass is 9.79. The molecule has 0 radical (unpaired) electrons. The third-order valence-electron chi connectivity index (χ3n) is 5.20. The van der Waals surface area contributed by atoms with Gasteiger partial charge in [-0.05, 0) is 24.8 Å². The number of hydrogen-bond acceptors (Lipinski definition) is 5. The Bertz CT molecular complexity index is 735. The van der Waals surface area contributed by atoms with Gasteiger partial charge in [-0.25, -0.2) is 4.39 Å². The number of nitro benzene ring substituents is 1. The van der Waals surface area contributed by atoms with Gasteiger partial charge in [0, 0.05) is 18.1 Å². The summed E-state index contributed by atoms with van der Waals surface area (Å²) in [6.07, 6.45) is 1.33. The van der Waals surface area contributed by atoms with Crippen LogP contribution in [0.5, 0.6) is 0 Å². The van der Waals surface area contributed by atoms with Gasteiger partial charge in [-0.15, -0.1) is 0 Å². The van der Waals surface area contributed by atoms with Gasteiger partial charge >= 0.3 is 5.97 Å².